The Morgan fingerprint density at radius 1 is 1.28 bits per heavy atom. The fraction of sp³-hybridized carbons (Fsp3) is 0.500. The zero-order chi connectivity index (χ0) is 12.5. The molecular weight excluding hydrogens is 228 g/mol. The number of benzene rings is 1. The highest BCUT2D eigenvalue weighted by atomic mass is 16.7. The van der Waals surface area contributed by atoms with Crippen LogP contribution in [0.4, 0.5) is 4.79 Å². The lowest BCUT2D eigenvalue weighted by Crippen LogP contribution is -2.37. The summed E-state index contributed by atoms with van der Waals surface area (Å²) in [5.41, 5.74) is 1.09. The molecule has 0 N–H and O–H groups in total. The van der Waals surface area contributed by atoms with Crippen molar-refractivity contribution in [3.8, 4) is 0 Å². The Morgan fingerprint density at radius 2 is 2.06 bits per heavy atom. The highest BCUT2D eigenvalue weighted by Gasteiger charge is 2.43. The van der Waals surface area contributed by atoms with Crippen LogP contribution in [0.25, 0.3) is 0 Å². The number of hydrogen-bond acceptors (Lipinski definition) is 2. The average Bonchev–Trinajstić information content (AvgIpc) is 2.67. The molecule has 2 amide bonds. The van der Waals surface area contributed by atoms with Crippen molar-refractivity contribution < 1.29 is 9.63 Å². The molecule has 0 aliphatic carbocycles. The van der Waals surface area contributed by atoms with E-state index in [4.69, 9.17) is 4.84 Å². The third-order valence-corrected chi connectivity index (χ3v) is 3.84. The first-order chi connectivity index (χ1) is 8.75. The van der Waals surface area contributed by atoms with Gasteiger partial charge in [0.2, 0.25) is 0 Å². The number of nitrogens with zero attached hydrogens (tertiary/aromatic N) is 2. The van der Waals surface area contributed by atoms with E-state index >= 15 is 0 Å². The van der Waals surface area contributed by atoms with Crippen molar-refractivity contribution in [2.24, 2.45) is 0 Å². The number of urea groups is 1. The van der Waals surface area contributed by atoms with E-state index < -0.39 is 0 Å². The van der Waals surface area contributed by atoms with Gasteiger partial charge in [-0.15, -0.1) is 0 Å². The molecule has 0 aromatic heterocycles. The normalized spacial score (nSPS) is 26.8. The average molecular weight is 246 g/mol. The minimum absolute atomic E-state index is 0.0286. The molecule has 1 aromatic carbocycles. The van der Waals surface area contributed by atoms with Gasteiger partial charge in [0.1, 0.15) is 6.61 Å². The van der Waals surface area contributed by atoms with Gasteiger partial charge in [-0.1, -0.05) is 30.3 Å². The molecule has 1 aromatic rings. The van der Waals surface area contributed by atoms with Crippen LogP contribution < -0.4 is 0 Å². The van der Waals surface area contributed by atoms with Crippen molar-refractivity contribution in [3.05, 3.63) is 35.9 Å². The fourth-order valence-electron chi connectivity index (χ4n) is 2.71. The molecule has 0 radical (unpaired) electrons. The standard InChI is InChI=1S/C14H18N2O2/c1-11-7-8-13-9-15(11)14(17)16(13)18-10-12-5-3-2-4-6-12/h2-6,11,13H,7-10H2,1H3/t11-,13-/m1/s1. The van der Waals surface area contributed by atoms with E-state index in [1.54, 1.807) is 5.06 Å². The molecule has 96 valence electrons. The molecule has 18 heavy (non-hydrogen) atoms. The van der Waals surface area contributed by atoms with Gasteiger partial charge in [-0.05, 0) is 25.3 Å². The Morgan fingerprint density at radius 3 is 2.78 bits per heavy atom. The van der Waals surface area contributed by atoms with Crippen molar-refractivity contribution in [3.63, 3.8) is 0 Å². The summed E-state index contributed by atoms with van der Waals surface area (Å²) in [5.74, 6) is 0. The molecule has 3 rings (SSSR count). The van der Waals surface area contributed by atoms with E-state index in [-0.39, 0.29) is 12.1 Å². The van der Waals surface area contributed by atoms with Crippen LogP contribution in [0, 0.1) is 0 Å². The summed E-state index contributed by atoms with van der Waals surface area (Å²) >= 11 is 0. The van der Waals surface area contributed by atoms with Gasteiger partial charge in [-0.25, -0.2) is 4.79 Å². The number of rotatable bonds is 3. The molecule has 0 unspecified atom stereocenters. The van der Waals surface area contributed by atoms with Crippen LogP contribution in [-0.4, -0.2) is 34.6 Å². The maximum atomic E-state index is 12.1. The van der Waals surface area contributed by atoms with Crippen LogP contribution in [0.5, 0.6) is 0 Å². The Balaban J connectivity index is 1.65. The number of carbonyl (C=O) groups is 1. The van der Waals surface area contributed by atoms with Gasteiger partial charge in [-0.3, -0.25) is 4.84 Å². The van der Waals surface area contributed by atoms with Crippen molar-refractivity contribution in [2.75, 3.05) is 6.54 Å². The Bertz CT molecular complexity index is 435. The van der Waals surface area contributed by atoms with Crippen LogP contribution in [0.15, 0.2) is 30.3 Å². The van der Waals surface area contributed by atoms with Crippen LogP contribution in [0.1, 0.15) is 25.3 Å². The number of amides is 2. The van der Waals surface area contributed by atoms with Crippen LogP contribution in [0.3, 0.4) is 0 Å². The van der Waals surface area contributed by atoms with Gasteiger partial charge in [-0.2, -0.15) is 5.06 Å². The van der Waals surface area contributed by atoms with E-state index in [1.165, 1.54) is 0 Å². The van der Waals surface area contributed by atoms with Crippen LogP contribution >= 0.6 is 0 Å². The first-order valence-electron chi connectivity index (χ1n) is 6.52. The van der Waals surface area contributed by atoms with E-state index in [1.807, 2.05) is 35.2 Å². The Labute approximate surface area is 107 Å². The Hall–Kier alpha value is -1.55. The second-order valence-corrected chi connectivity index (χ2v) is 5.10. The molecule has 2 fully saturated rings. The molecule has 2 atom stereocenters. The summed E-state index contributed by atoms with van der Waals surface area (Å²) in [4.78, 5) is 19.8. The van der Waals surface area contributed by atoms with Crippen molar-refractivity contribution in [1.29, 1.82) is 0 Å². The molecular formula is C14H18N2O2. The SMILES string of the molecule is C[C@@H]1CC[C@@H]2CN1C(=O)N2OCc1ccccc1. The van der Waals surface area contributed by atoms with Crippen molar-refractivity contribution in [2.45, 2.75) is 38.5 Å². The second kappa shape index (κ2) is 4.61. The van der Waals surface area contributed by atoms with Crippen LogP contribution in [0.2, 0.25) is 0 Å². The zero-order valence-electron chi connectivity index (χ0n) is 10.6. The van der Waals surface area contributed by atoms with Crippen LogP contribution in [-0.2, 0) is 11.4 Å². The predicted molar refractivity (Wildman–Crippen MR) is 67.7 cm³/mol. The summed E-state index contributed by atoms with van der Waals surface area (Å²) in [6, 6.07) is 10.6. The van der Waals surface area contributed by atoms with Gasteiger partial charge in [0, 0.05) is 12.6 Å². The third-order valence-electron chi connectivity index (χ3n) is 3.84. The summed E-state index contributed by atoms with van der Waals surface area (Å²) < 4.78 is 0. The quantitative estimate of drug-likeness (QED) is 0.820. The van der Waals surface area contributed by atoms with Gasteiger partial charge in [0.05, 0.1) is 6.04 Å². The maximum absolute atomic E-state index is 12.1. The minimum atomic E-state index is 0.0286. The van der Waals surface area contributed by atoms with E-state index in [9.17, 15) is 4.79 Å². The van der Waals surface area contributed by atoms with Gasteiger partial charge < -0.3 is 4.90 Å². The largest absolute Gasteiger partial charge is 0.344 e. The lowest BCUT2D eigenvalue weighted by molar-refractivity contribution is -0.140. The van der Waals surface area contributed by atoms with Gasteiger partial charge >= 0.3 is 6.03 Å². The van der Waals surface area contributed by atoms with Crippen molar-refractivity contribution in [1.82, 2.24) is 9.96 Å². The molecule has 0 saturated carbocycles. The first kappa shape index (κ1) is 11.5. The highest BCUT2D eigenvalue weighted by Crippen LogP contribution is 2.29. The van der Waals surface area contributed by atoms with E-state index in [0.29, 0.717) is 12.6 Å². The second-order valence-electron chi connectivity index (χ2n) is 5.10. The summed E-state index contributed by atoms with van der Waals surface area (Å²) in [6.45, 7) is 3.38. The first-order valence-corrected chi connectivity index (χ1v) is 6.52. The molecule has 2 aliphatic rings. The lowest BCUT2D eigenvalue weighted by Gasteiger charge is -2.27. The third kappa shape index (κ3) is 1.97. The van der Waals surface area contributed by atoms with Gasteiger partial charge in [0.15, 0.2) is 0 Å². The summed E-state index contributed by atoms with van der Waals surface area (Å²) in [7, 11) is 0. The molecule has 4 nitrogen and oxygen atoms in total. The van der Waals surface area contributed by atoms with Crippen molar-refractivity contribution >= 4 is 6.03 Å². The molecule has 2 bridgehead atoms. The predicted octanol–water partition coefficient (Wildman–Crippen LogP) is 2.41. The smallest absolute Gasteiger partial charge is 0.318 e. The summed E-state index contributed by atoms with van der Waals surface area (Å²) in [6.07, 6.45) is 2.11. The van der Waals surface area contributed by atoms with E-state index in [2.05, 4.69) is 6.92 Å². The number of hydrogen-bond donors (Lipinski definition) is 0. The number of fused-ring (bicyclic) bond motifs is 2. The minimum Gasteiger partial charge on any atom is -0.318 e. The summed E-state index contributed by atoms with van der Waals surface area (Å²) in [5, 5.41) is 1.58. The number of carbonyl (C=O) groups excluding carboxylic acids is 1. The number of hydroxylamine groups is 2. The molecule has 2 aliphatic heterocycles. The highest BCUT2D eigenvalue weighted by molar-refractivity contribution is 5.76. The lowest BCUT2D eigenvalue weighted by atomic mass is 10.0. The Kier molecular flexibility index (Phi) is 2.96. The number of piperidine rings is 1. The molecule has 4 heteroatoms. The molecule has 0 spiro atoms. The molecule has 2 heterocycles. The fourth-order valence-corrected chi connectivity index (χ4v) is 2.71. The molecule has 2 saturated heterocycles. The maximum Gasteiger partial charge on any atom is 0.344 e. The monoisotopic (exact) mass is 246 g/mol. The topological polar surface area (TPSA) is 32.8 Å². The van der Waals surface area contributed by atoms with E-state index in [0.717, 1.165) is 24.9 Å². The van der Waals surface area contributed by atoms with Gasteiger partial charge in [0.25, 0.3) is 0 Å². The zero-order valence-corrected chi connectivity index (χ0v) is 10.6.